The zero-order chi connectivity index (χ0) is 29.4. The summed E-state index contributed by atoms with van der Waals surface area (Å²) >= 11 is 0. The summed E-state index contributed by atoms with van der Waals surface area (Å²) in [4.78, 5) is 27.6. The number of piperidine rings is 1. The van der Waals surface area contributed by atoms with Crippen LogP contribution in [0.3, 0.4) is 0 Å². The third-order valence-corrected chi connectivity index (χ3v) is 8.93. The van der Waals surface area contributed by atoms with Crippen LogP contribution in [0.5, 0.6) is 5.75 Å². The van der Waals surface area contributed by atoms with E-state index in [0.29, 0.717) is 62.9 Å². The molecule has 6 nitrogen and oxygen atoms in total. The number of hydrogen-bond donors (Lipinski definition) is 1. The molecule has 2 aromatic rings. The number of carbonyl (C=O) groups excluding carboxylic acids is 2. The predicted molar refractivity (Wildman–Crippen MR) is 142 cm³/mol. The van der Waals surface area contributed by atoms with E-state index < -0.39 is 41.1 Å². The maximum Gasteiger partial charge on any atom is 0.395 e. The SMILES string of the molecule is NC(=O)[C@@H]1CCCN1C(=O)c1ccc(-c2ccc(OCC3CCN(CC4(C(F)(F)F)CCC4)CC3)c(F)c2)cc1F. The summed E-state index contributed by atoms with van der Waals surface area (Å²) in [7, 11) is 0. The van der Waals surface area contributed by atoms with E-state index in [9.17, 15) is 31.5 Å². The van der Waals surface area contributed by atoms with E-state index in [2.05, 4.69) is 0 Å². The van der Waals surface area contributed by atoms with Crippen LogP contribution in [0.25, 0.3) is 11.1 Å². The minimum absolute atomic E-state index is 0.0421. The van der Waals surface area contributed by atoms with Crippen LogP contribution in [0.2, 0.25) is 0 Å². The third-order valence-electron chi connectivity index (χ3n) is 8.93. The van der Waals surface area contributed by atoms with Gasteiger partial charge in [0.05, 0.1) is 17.6 Å². The van der Waals surface area contributed by atoms with Crippen LogP contribution in [0, 0.1) is 23.0 Å². The van der Waals surface area contributed by atoms with Crippen molar-refractivity contribution in [2.75, 3.05) is 32.8 Å². The number of likely N-dealkylation sites (tertiary alicyclic amines) is 2. The summed E-state index contributed by atoms with van der Waals surface area (Å²) in [6, 6.07) is 7.51. The van der Waals surface area contributed by atoms with Crippen molar-refractivity contribution < 1.29 is 36.3 Å². The number of primary amides is 1. The lowest BCUT2D eigenvalue weighted by atomic mass is 9.67. The predicted octanol–water partition coefficient (Wildman–Crippen LogP) is 5.55. The Morgan fingerprint density at radius 2 is 1.59 bits per heavy atom. The smallest absolute Gasteiger partial charge is 0.395 e. The molecule has 2 heterocycles. The molecule has 3 aliphatic rings. The molecule has 1 aliphatic carbocycles. The fraction of sp³-hybridized carbons (Fsp3) is 0.533. The number of carbonyl (C=O) groups is 2. The van der Waals surface area contributed by atoms with Gasteiger partial charge < -0.3 is 20.3 Å². The first-order valence-corrected chi connectivity index (χ1v) is 14.1. The maximum absolute atomic E-state index is 14.9. The largest absolute Gasteiger partial charge is 0.490 e. The molecule has 0 spiro atoms. The van der Waals surface area contributed by atoms with Gasteiger partial charge in [-0.15, -0.1) is 0 Å². The van der Waals surface area contributed by atoms with Crippen molar-refractivity contribution in [3.8, 4) is 16.9 Å². The summed E-state index contributed by atoms with van der Waals surface area (Å²) < 4.78 is 76.1. The number of nitrogens with zero attached hydrogens (tertiary/aromatic N) is 2. The first kappa shape index (κ1) is 29.3. The lowest BCUT2D eigenvalue weighted by Crippen LogP contribution is -2.53. The Morgan fingerprint density at radius 3 is 2.15 bits per heavy atom. The quantitative estimate of drug-likeness (QED) is 0.417. The van der Waals surface area contributed by atoms with E-state index >= 15 is 0 Å². The van der Waals surface area contributed by atoms with Crippen LogP contribution in [0.15, 0.2) is 36.4 Å². The minimum atomic E-state index is -4.18. The number of hydrogen-bond acceptors (Lipinski definition) is 4. The first-order chi connectivity index (χ1) is 19.5. The summed E-state index contributed by atoms with van der Waals surface area (Å²) in [6.07, 6.45) is -0.773. The molecule has 1 atom stereocenters. The van der Waals surface area contributed by atoms with Gasteiger partial charge >= 0.3 is 6.18 Å². The fourth-order valence-corrected chi connectivity index (χ4v) is 6.21. The second-order valence-corrected chi connectivity index (χ2v) is 11.6. The topological polar surface area (TPSA) is 75.9 Å². The van der Waals surface area contributed by atoms with Gasteiger partial charge in [-0.3, -0.25) is 9.59 Å². The van der Waals surface area contributed by atoms with Gasteiger partial charge in [0, 0.05) is 13.1 Å². The highest BCUT2D eigenvalue weighted by molar-refractivity contribution is 5.98. The summed E-state index contributed by atoms with van der Waals surface area (Å²) in [5.41, 5.74) is 4.38. The summed E-state index contributed by atoms with van der Waals surface area (Å²) in [5.74, 6) is -2.50. The number of alkyl halides is 3. The van der Waals surface area contributed by atoms with E-state index in [-0.39, 0.29) is 43.2 Å². The Morgan fingerprint density at radius 1 is 0.927 bits per heavy atom. The molecule has 0 radical (unpaired) electrons. The van der Waals surface area contributed by atoms with E-state index in [1.807, 2.05) is 4.90 Å². The van der Waals surface area contributed by atoms with Gasteiger partial charge in [0.1, 0.15) is 11.9 Å². The number of benzene rings is 2. The van der Waals surface area contributed by atoms with Crippen molar-refractivity contribution in [3.63, 3.8) is 0 Å². The van der Waals surface area contributed by atoms with E-state index in [0.717, 1.165) is 6.07 Å². The van der Waals surface area contributed by atoms with Gasteiger partial charge in [-0.1, -0.05) is 18.6 Å². The normalized spacial score (nSPS) is 21.5. The summed E-state index contributed by atoms with van der Waals surface area (Å²) in [5, 5.41) is 0. The van der Waals surface area contributed by atoms with Crippen molar-refractivity contribution in [2.24, 2.45) is 17.1 Å². The van der Waals surface area contributed by atoms with Crippen molar-refractivity contribution in [2.45, 2.75) is 57.2 Å². The average molecular weight is 580 g/mol. The molecule has 2 amide bonds. The number of amides is 2. The van der Waals surface area contributed by atoms with Crippen molar-refractivity contribution in [1.82, 2.24) is 9.80 Å². The maximum atomic E-state index is 14.9. The number of nitrogens with two attached hydrogens (primary N) is 1. The van der Waals surface area contributed by atoms with Gasteiger partial charge in [-0.05, 0) is 92.9 Å². The molecule has 2 saturated heterocycles. The highest BCUT2D eigenvalue weighted by Gasteiger charge is 2.58. The van der Waals surface area contributed by atoms with Crippen LogP contribution in [0.1, 0.15) is 55.3 Å². The number of rotatable bonds is 8. The van der Waals surface area contributed by atoms with Crippen LogP contribution in [-0.2, 0) is 4.79 Å². The van der Waals surface area contributed by atoms with Gasteiger partial charge in [0.25, 0.3) is 5.91 Å². The summed E-state index contributed by atoms with van der Waals surface area (Å²) in [6.45, 7) is 1.72. The van der Waals surface area contributed by atoms with Crippen molar-refractivity contribution in [3.05, 3.63) is 53.6 Å². The van der Waals surface area contributed by atoms with Crippen molar-refractivity contribution >= 4 is 11.8 Å². The fourth-order valence-electron chi connectivity index (χ4n) is 6.21. The Bertz CT molecular complexity index is 1290. The highest BCUT2D eigenvalue weighted by atomic mass is 19.4. The number of halogens is 5. The Hall–Kier alpha value is -3.21. The Labute approximate surface area is 235 Å². The standard InChI is InChI=1S/C30H34F5N3O3/c31-23-15-20(4-6-22(23)28(40)38-12-1-3-25(38)27(36)39)21-5-7-26(24(32)16-21)41-17-19-8-13-37(14-9-19)18-29(10-2-11-29)30(33,34)35/h4-7,15-16,19,25H,1-3,8-14,17-18H2,(H2,36,39)/t25-/m0/s1. The molecule has 0 unspecified atom stereocenters. The van der Waals surface area contributed by atoms with Gasteiger partial charge in [0.2, 0.25) is 5.91 Å². The second kappa shape index (κ2) is 11.6. The average Bonchev–Trinajstić information content (AvgIpc) is 3.40. The third kappa shape index (κ3) is 6.05. The van der Waals surface area contributed by atoms with E-state index in [4.69, 9.17) is 10.5 Å². The number of ether oxygens (including phenoxy) is 1. The highest BCUT2D eigenvalue weighted by Crippen LogP contribution is 2.53. The Balaban J connectivity index is 1.15. The molecule has 11 heteroatoms. The zero-order valence-electron chi connectivity index (χ0n) is 22.7. The van der Waals surface area contributed by atoms with Crippen LogP contribution in [0.4, 0.5) is 22.0 Å². The van der Waals surface area contributed by atoms with Crippen LogP contribution in [-0.4, -0.2) is 66.6 Å². The molecule has 2 N–H and O–H groups in total. The first-order valence-electron chi connectivity index (χ1n) is 14.1. The van der Waals surface area contributed by atoms with Crippen LogP contribution < -0.4 is 10.5 Å². The molecule has 0 bridgehead atoms. The molecule has 2 aromatic carbocycles. The van der Waals surface area contributed by atoms with Gasteiger partial charge in [0.15, 0.2) is 11.6 Å². The molecule has 222 valence electrons. The second-order valence-electron chi connectivity index (χ2n) is 11.6. The van der Waals surface area contributed by atoms with E-state index in [1.165, 1.54) is 29.2 Å². The van der Waals surface area contributed by atoms with Gasteiger partial charge in [-0.25, -0.2) is 8.78 Å². The molecule has 0 aromatic heterocycles. The molecule has 41 heavy (non-hydrogen) atoms. The van der Waals surface area contributed by atoms with Crippen molar-refractivity contribution in [1.29, 1.82) is 0 Å². The zero-order valence-corrected chi connectivity index (χ0v) is 22.7. The molecule has 3 fully saturated rings. The minimum Gasteiger partial charge on any atom is -0.490 e. The monoisotopic (exact) mass is 579 g/mol. The molecular formula is C30H34F5N3O3. The lowest BCUT2D eigenvalue weighted by molar-refractivity contribution is -0.256. The van der Waals surface area contributed by atoms with E-state index in [1.54, 1.807) is 6.07 Å². The molecule has 1 saturated carbocycles. The molecular weight excluding hydrogens is 545 g/mol. The Kier molecular flexibility index (Phi) is 8.27. The van der Waals surface area contributed by atoms with Crippen LogP contribution >= 0.6 is 0 Å². The molecule has 5 rings (SSSR count). The lowest BCUT2D eigenvalue weighted by Gasteiger charge is -2.47. The molecule has 2 aliphatic heterocycles. The van der Waals surface area contributed by atoms with Gasteiger partial charge in [-0.2, -0.15) is 13.2 Å².